The molecule has 0 aliphatic carbocycles. The van der Waals surface area contributed by atoms with Crippen molar-refractivity contribution in [1.29, 1.82) is 0 Å². The fraction of sp³-hybridized carbons (Fsp3) is 0.478. The summed E-state index contributed by atoms with van der Waals surface area (Å²) in [6, 6.07) is 10.7. The SMILES string of the molecule is CC/C=C\C1=C(C(C)N2CCN(c3ccccc3)CC2CCC(N)=O)CC(=O)N1. The van der Waals surface area contributed by atoms with Gasteiger partial charge in [-0.1, -0.05) is 31.2 Å². The molecule has 2 aliphatic heterocycles. The van der Waals surface area contributed by atoms with Crippen molar-refractivity contribution in [2.75, 3.05) is 24.5 Å². The second-order valence-corrected chi connectivity index (χ2v) is 7.83. The number of primary amides is 1. The summed E-state index contributed by atoms with van der Waals surface area (Å²) in [6.07, 6.45) is 6.55. The van der Waals surface area contributed by atoms with E-state index in [9.17, 15) is 9.59 Å². The van der Waals surface area contributed by atoms with E-state index in [1.165, 1.54) is 5.69 Å². The molecule has 2 aliphatic rings. The van der Waals surface area contributed by atoms with Crippen molar-refractivity contribution >= 4 is 17.5 Å². The Morgan fingerprint density at radius 1 is 1.31 bits per heavy atom. The van der Waals surface area contributed by atoms with Gasteiger partial charge >= 0.3 is 0 Å². The molecule has 3 N–H and O–H groups in total. The van der Waals surface area contributed by atoms with Gasteiger partial charge in [-0.2, -0.15) is 0 Å². The van der Waals surface area contributed by atoms with Crippen LogP contribution < -0.4 is 16.0 Å². The number of para-hydroxylation sites is 1. The molecule has 0 saturated carbocycles. The number of nitrogens with zero attached hydrogens (tertiary/aromatic N) is 2. The molecule has 6 heteroatoms. The third-order valence-electron chi connectivity index (χ3n) is 5.87. The monoisotopic (exact) mass is 396 g/mol. The van der Waals surface area contributed by atoms with Crippen LogP contribution in [0.1, 0.15) is 39.5 Å². The third-order valence-corrected chi connectivity index (χ3v) is 5.87. The lowest BCUT2D eigenvalue weighted by molar-refractivity contribution is -0.119. The molecule has 1 aromatic carbocycles. The molecular formula is C23H32N4O2. The predicted octanol–water partition coefficient (Wildman–Crippen LogP) is 2.57. The van der Waals surface area contributed by atoms with Crippen molar-refractivity contribution in [2.45, 2.75) is 51.6 Å². The fourth-order valence-corrected chi connectivity index (χ4v) is 4.32. The number of benzene rings is 1. The lowest BCUT2D eigenvalue weighted by atomic mass is 9.97. The van der Waals surface area contributed by atoms with Crippen molar-refractivity contribution in [2.24, 2.45) is 5.73 Å². The van der Waals surface area contributed by atoms with E-state index < -0.39 is 0 Å². The van der Waals surface area contributed by atoms with Gasteiger partial charge in [0.2, 0.25) is 11.8 Å². The van der Waals surface area contributed by atoms with Gasteiger partial charge in [-0.15, -0.1) is 0 Å². The molecule has 2 amide bonds. The van der Waals surface area contributed by atoms with Gasteiger partial charge in [0.25, 0.3) is 0 Å². The zero-order chi connectivity index (χ0) is 20.8. The van der Waals surface area contributed by atoms with E-state index in [2.05, 4.69) is 59.3 Å². The Morgan fingerprint density at radius 3 is 2.76 bits per heavy atom. The first-order valence-electron chi connectivity index (χ1n) is 10.5. The van der Waals surface area contributed by atoms with E-state index in [0.717, 1.165) is 43.7 Å². The highest BCUT2D eigenvalue weighted by Gasteiger charge is 2.34. The quantitative estimate of drug-likeness (QED) is 0.708. The lowest BCUT2D eigenvalue weighted by Crippen LogP contribution is -2.56. The molecule has 6 nitrogen and oxygen atoms in total. The molecule has 2 unspecified atom stereocenters. The zero-order valence-corrected chi connectivity index (χ0v) is 17.4. The second kappa shape index (κ2) is 9.74. The Hall–Kier alpha value is -2.60. The summed E-state index contributed by atoms with van der Waals surface area (Å²) >= 11 is 0. The average Bonchev–Trinajstić information content (AvgIpc) is 3.11. The van der Waals surface area contributed by atoms with Gasteiger partial charge in [-0.05, 0) is 43.5 Å². The Labute approximate surface area is 173 Å². The summed E-state index contributed by atoms with van der Waals surface area (Å²) in [7, 11) is 0. The van der Waals surface area contributed by atoms with Crippen molar-refractivity contribution in [3.05, 3.63) is 53.8 Å². The van der Waals surface area contributed by atoms with E-state index in [4.69, 9.17) is 5.73 Å². The van der Waals surface area contributed by atoms with Crippen molar-refractivity contribution in [3.8, 4) is 0 Å². The Bertz CT molecular complexity index is 787. The minimum Gasteiger partial charge on any atom is -0.370 e. The van der Waals surface area contributed by atoms with E-state index in [0.29, 0.717) is 12.8 Å². The van der Waals surface area contributed by atoms with E-state index in [1.807, 2.05) is 12.1 Å². The van der Waals surface area contributed by atoms with E-state index in [1.54, 1.807) is 0 Å². The highest BCUT2D eigenvalue weighted by Crippen LogP contribution is 2.29. The molecular weight excluding hydrogens is 364 g/mol. The van der Waals surface area contributed by atoms with E-state index >= 15 is 0 Å². The van der Waals surface area contributed by atoms with Crippen LogP contribution >= 0.6 is 0 Å². The standard InChI is InChI=1S/C23H32N4O2/c1-3-4-10-21-20(15-23(29)25-21)17(2)27-14-13-26(18-8-6-5-7-9-18)16-19(27)11-12-22(24)28/h4-10,17,19H,3,11-16H2,1-2H3,(H2,24,28)(H,25,29)/b10-4-. The first kappa shape index (κ1) is 21.1. The molecule has 0 spiro atoms. The maximum absolute atomic E-state index is 12.1. The molecule has 3 rings (SSSR count). The summed E-state index contributed by atoms with van der Waals surface area (Å²) in [4.78, 5) is 28.3. The maximum atomic E-state index is 12.1. The Balaban J connectivity index is 1.81. The minimum absolute atomic E-state index is 0.0548. The van der Waals surface area contributed by atoms with Crippen LogP contribution in [0.3, 0.4) is 0 Å². The molecule has 2 atom stereocenters. The van der Waals surface area contributed by atoms with E-state index in [-0.39, 0.29) is 23.9 Å². The maximum Gasteiger partial charge on any atom is 0.228 e. The number of carbonyl (C=O) groups excluding carboxylic acids is 2. The van der Waals surface area contributed by atoms with Crippen LogP contribution in [0.2, 0.25) is 0 Å². The van der Waals surface area contributed by atoms with Crippen molar-refractivity contribution in [1.82, 2.24) is 10.2 Å². The number of nitrogens with one attached hydrogen (secondary N) is 1. The van der Waals surface area contributed by atoms with Gasteiger partial charge in [-0.3, -0.25) is 14.5 Å². The Morgan fingerprint density at radius 2 is 2.07 bits per heavy atom. The van der Waals surface area contributed by atoms with Gasteiger partial charge in [-0.25, -0.2) is 0 Å². The molecule has 29 heavy (non-hydrogen) atoms. The lowest BCUT2D eigenvalue weighted by Gasteiger charge is -2.45. The van der Waals surface area contributed by atoms with Crippen LogP contribution in [0.4, 0.5) is 5.69 Å². The van der Waals surface area contributed by atoms with Gasteiger partial charge < -0.3 is 16.0 Å². The average molecular weight is 397 g/mol. The number of hydrogen-bond donors (Lipinski definition) is 2. The van der Waals surface area contributed by atoms with Crippen LogP contribution in [0.5, 0.6) is 0 Å². The summed E-state index contributed by atoms with van der Waals surface area (Å²) in [5.74, 6) is -0.211. The molecule has 0 aromatic heterocycles. The number of nitrogens with two attached hydrogens (primary N) is 1. The van der Waals surface area contributed by atoms with Crippen LogP contribution in [-0.2, 0) is 9.59 Å². The molecule has 1 aromatic rings. The number of amides is 2. The molecule has 156 valence electrons. The fourth-order valence-electron chi connectivity index (χ4n) is 4.32. The van der Waals surface area contributed by atoms with Gasteiger partial charge in [0.05, 0.1) is 6.42 Å². The normalized spacial score (nSPS) is 21.7. The zero-order valence-electron chi connectivity index (χ0n) is 17.4. The topological polar surface area (TPSA) is 78.7 Å². The number of hydrogen-bond acceptors (Lipinski definition) is 4. The smallest absolute Gasteiger partial charge is 0.228 e. The van der Waals surface area contributed by atoms with Crippen LogP contribution in [-0.4, -0.2) is 48.4 Å². The summed E-state index contributed by atoms with van der Waals surface area (Å²) in [5, 5.41) is 3.00. The van der Waals surface area contributed by atoms with Crippen LogP contribution in [0.15, 0.2) is 53.8 Å². The van der Waals surface area contributed by atoms with Gasteiger partial charge in [0.1, 0.15) is 0 Å². The number of piperazine rings is 1. The number of carbonyl (C=O) groups is 2. The third kappa shape index (κ3) is 5.26. The van der Waals surface area contributed by atoms with Gasteiger partial charge in [0.15, 0.2) is 0 Å². The molecule has 2 heterocycles. The highest BCUT2D eigenvalue weighted by molar-refractivity contribution is 5.85. The van der Waals surface area contributed by atoms with Crippen LogP contribution in [0, 0.1) is 0 Å². The summed E-state index contributed by atoms with van der Waals surface area (Å²) in [5.41, 5.74) is 8.72. The Kier molecular flexibility index (Phi) is 7.09. The molecule has 0 radical (unpaired) electrons. The molecule has 1 fully saturated rings. The minimum atomic E-state index is -0.266. The molecule has 0 bridgehead atoms. The predicted molar refractivity (Wildman–Crippen MR) is 116 cm³/mol. The number of rotatable bonds is 8. The van der Waals surface area contributed by atoms with Crippen molar-refractivity contribution < 1.29 is 9.59 Å². The summed E-state index contributed by atoms with van der Waals surface area (Å²) in [6.45, 7) is 6.89. The van der Waals surface area contributed by atoms with Crippen LogP contribution in [0.25, 0.3) is 0 Å². The largest absolute Gasteiger partial charge is 0.370 e. The number of anilines is 1. The second-order valence-electron chi connectivity index (χ2n) is 7.83. The van der Waals surface area contributed by atoms with Crippen molar-refractivity contribution in [3.63, 3.8) is 0 Å². The van der Waals surface area contributed by atoms with Gasteiger partial charge in [0, 0.05) is 49.5 Å². The summed E-state index contributed by atoms with van der Waals surface area (Å²) < 4.78 is 0. The molecule has 1 saturated heterocycles. The first-order chi connectivity index (χ1) is 14.0. The highest BCUT2D eigenvalue weighted by atomic mass is 16.2. The number of allylic oxidation sites excluding steroid dienone is 2. The first-order valence-corrected chi connectivity index (χ1v) is 10.5.